The Morgan fingerprint density at radius 1 is 1.09 bits per heavy atom. The molecule has 2 aromatic carbocycles. The molecule has 13 nitrogen and oxygen atoms in total. The highest BCUT2D eigenvalue weighted by molar-refractivity contribution is 7.99. The molecule has 1 aliphatic heterocycles. The van der Waals surface area contributed by atoms with Crippen LogP contribution in [-0.4, -0.2) is 110 Å². The van der Waals surface area contributed by atoms with E-state index in [2.05, 4.69) is 44.3 Å². The lowest BCUT2D eigenvalue weighted by Crippen LogP contribution is -2.48. The molecule has 244 valence electrons. The first kappa shape index (κ1) is 33.2. The van der Waals surface area contributed by atoms with Crippen LogP contribution in [-0.2, 0) is 15.6 Å². The summed E-state index contributed by atoms with van der Waals surface area (Å²) >= 11 is 1.31. The van der Waals surface area contributed by atoms with Gasteiger partial charge in [0.25, 0.3) is 0 Å². The first-order valence-corrected chi connectivity index (χ1v) is 17.2. The summed E-state index contributed by atoms with van der Waals surface area (Å²) in [6.07, 6.45) is 0. The van der Waals surface area contributed by atoms with Gasteiger partial charge in [-0.2, -0.15) is 5.10 Å². The number of aromatic carboxylic acids is 1. The normalized spacial score (nSPS) is 14.1. The highest BCUT2D eigenvalue weighted by atomic mass is 32.2. The first-order chi connectivity index (χ1) is 22.0. The van der Waals surface area contributed by atoms with Gasteiger partial charge in [-0.1, -0.05) is 12.1 Å². The van der Waals surface area contributed by atoms with Crippen LogP contribution in [0.25, 0.3) is 0 Å². The Bertz CT molecular complexity index is 1770. The van der Waals surface area contributed by atoms with Crippen molar-refractivity contribution in [3.05, 3.63) is 71.4 Å². The lowest BCUT2D eigenvalue weighted by atomic mass is 10.1. The van der Waals surface area contributed by atoms with Gasteiger partial charge in [-0.15, -0.1) is 0 Å². The number of sulfone groups is 1. The number of nitrogens with one attached hydrogen (secondary N) is 2. The number of hydrogen-bond donors (Lipinski definition) is 3. The molecule has 0 aliphatic carbocycles. The number of anilines is 3. The van der Waals surface area contributed by atoms with Gasteiger partial charge in [0.1, 0.15) is 0 Å². The van der Waals surface area contributed by atoms with E-state index in [4.69, 9.17) is 14.7 Å². The molecule has 4 aromatic rings. The number of nitrogens with zero attached hydrogens (tertiary/aromatic N) is 6. The van der Waals surface area contributed by atoms with Crippen molar-refractivity contribution in [2.75, 3.05) is 70.7 Å². The molecular formula is C31H38N8O5S2. The van der Waals surface area contributed by atoms with E-state index in [1.807, 2.05) is 13.0 Å². The molecule has 0 radical (unpaired) electrons. The van der Waals surface area contributed by atoms with Crippen LogP contribution in [0.15, 0.2) is 69.5 Å². The van der Waals surface area contributed by atoms with Gasteiger partial charge >= 0.3 is 5.97 Å². The maximum absolute atomic E-state index is 13.1. The van der Waals surface area contributed by atoms with Crippen molar-refractivity contribution in [3.8, 4) is 5.75 Å². The van der Waals surface area contributed by atoms with E-state index in [0.717, 1.165) is 49.9 Å². The zero-order valence-electron chi connectivity index (χ0n) is 26.2. The number of aromatic amines is 1. The van der Waals surface area contributed by atoms with Crippen molar-refractivity contribution in [1.29, 1.82) is 0 Å². The summed E-state index contributed by atoms with van der Waals surface area (Å²) in [7, 11) is 2.04. The van der Waals surface area contributed by atoms with E-state index >= 15 is 0 Å². The Kier molecular flexibility index (Phi) is 10.5. The third-order valence-corrected chi connectivity index (χ3v) is 10.0. The number of piperazine rings is 1. The Balaban J connectivity index is 1.38. The number of rotatable bonds is 13. The number of likely N-dealkylation sites (N-methyl/N-ethyl adjacent to an activating group) is 1. The minimum Gasteiger partial charge on any atom is -0.490 e. The number of ether oxygens (including phenoxy) is 1. The minimum absolute atomic E-state index is 0.0424. The van der Waals surface area contributed by atoms with Gasteiger partial charge in [0.05, 0.1) is 23.3 Å². The molecule has 3 heterocycles. The summed E-state index contributed by atoms with van der Waals surface area (Å²) in [5, 5.41) is 20.2. The zero-order valence-corrected chi connectivity index (χ0v) is 27.9. The fourth-order valence-electron chi connectivity index (χ4n) is 5.00. The van der Waals surface area contributed by atoms with Gasteiger partial charge in [0.2, 0.25) is 5.75 Å². The monoisotopic (exact) mass is 666 g/mol. The van der Waals surface area contributed by atoms with Crippen LogP contribution in [0.5, 0.6) is 5.75 Å². The molecule has 0 unspecified atom stereocenters. The topological polar surface area (TPSA) is 157 Å². The average Bonchev–Trinajstić information content (AvgIpc) is 3.44. The Labute approximate surface area is 272 Å². The van der Waals surface area contributed by atoms with Gasteiger partial charge in [-0.3, -0.25) is 10.00 Å². The molecule has 0 amide bonds. The molecular weight excluding hydrogens is 629 g/mol. The Morgan fingerprint density at radius 2 is 1.83 bits per heavy atom. The number of methoxy groups -OCH3 is 1. The van der Waals surface area contributed by atoms with Crippen LogP contribution in [0.4, 0.5) is 17.5 Å². The molecule has 0 saturated carbocycles. The molecule has 3 N–H and O–H groups in total. The number of hydrogen-bond acceptors (Lipinski definition) is 12. The predicted molar refractivity (Wildman–Crippen MR) is 177 cm³/mol. The second-order valence-electron chi connectivity index (χ2n) is 11.2. The maximum Gasteiger partial charge on any atom is 0.335 e. The maximum atomic E-state index is 13.1. The second-order valence-corrected chi connectivity index (χ2v) is 14.3. The number of H-pyrrole nitrogens is 1. The third kappa shape index (κ3) is 8.34. The lowest BCUT2D eigenvalue weighted by Gasteiger charge is -2.36. The predicted octanol–water partition coefficient (Wildman–Crippen LogP) is 3.77. The number of aryl methyl sites for hydroxylation is 1. The average molecular weight is 667 g/mol. The standard InChI is InChI=1S/C31H38N8O5S2/c1-21-18-26(36-35-21)32-28-27(44-4)29(39-16-14-38(15-17-39)13-12-37(2)3)34-31(33-28)45-24-8-10-25(11-9-24)46(42,43)20-22-6-5-7-23(19-22)30(40)41/h5-11,18-19H,12-17,20H2,1-4H3,(H,40,41)(H2,32,33,34,35,36). The van der Waals surface area contributed by atoms with Crippen molar-refractivity contribution >= 4 is 45.0 Å². The largest absolute Gasteiger partial charge is 0.490 e. The van der Waals surface area contributed by atoms with E-state index in [0.29, 0.717) is 33.9 Å². The number of carboxylic acids is 1. The zero-order chi connectivity index (χ0) is 32.8. The van der Waals surface area contributed by atoms with Crippen LogP contribution >= 0.6 is 11.8 Å². The molecule has 1 fully saturated rings. The molecule has 0 atom stereocenters. The summed E-state index contributed by atoms with van der Waals surface area (Å²) in [5.74, 6) is 0.831. The first-order valence-electron chi connectivity index (χ1n) is 14.7. The fourth-order valence-corrected chi connectivity index (χ4v) is 7.08. The van der Waals surface area contributed by atoms with Gasteiger partial charge in [0.15, 0.2) is 32.4 Å². The van der Waals surface area contributed by atoms with E-state index < -0.39 is 15.8 Å². The molecule has 2 aromatic heterocycles. The van der Waals surface area contributed by atoms with Crippen LogP contribution in [0, 0.1) is 6.92 Å². The van der Waals surface area contributed by atoms with Crippen molar-refractivity contribution in [1.82, 2.24) is 30.0 Å². The SMILES string of the molecule is COc1c(Nc2cc(C)[nH]n2)nc(Sc2ccc(S(=O)(=O)Cc3cccc(C(=O)O)c3)cc2)nc1N1CCN(CCN(C)C)CC1. The van der Waals surface area contributed by atoms with Crippen LogP contribution in [0.2, 0.25) is 0 Å². The van der Waals surface area contributed by atoms with Crippen molar-refractivity contribution in [3.63, 3.8) is 0 Å². The van der Waals surface area contributed by atoms with Gasteiger partial charge in [0, 0.05) is 55.9 Å². The van der Waals surface area contributed by atoms with Gasteiger partial charge < -0.3 is 25.0 Å². The summed E-state index contributed by atoms with van der Waals surface area (Å²) in [6.45, 7) is 7.22. The van der Waals surface area contributed by atoms with E-state index in [1.54, 1.807) is 43.5 Å². The summed E-state index contributed by atoms with van der Waals surface area (Å²) < 4.78 is 32.1. The lowest BCUT2D eigenvalue weighted by molar-refractivity contribution is 0.0696. The van der Waals surface area contributed by atoms with Crippen molar-refractivity contribution in [2.24, 2.45) is 0 Å². The van der Waals surface area contributed by atoms with Crippen LogP contribution in [0.1, 0.15) is 21.6 Å². The van der Waals surface area contributed by atoms with E-state index in [9.17, 15) is 18.3 Å². The number of carboxylic acid groups (broad SMARTS) is 1. The summed E-state index contributed by atoms with van der Waals surface area (Å²) in [5.41, 5.74) is 1.34. The second kappa shape index (κ2) is 14.5. The highest BCUT2D eigenvalue weighted by Crippen LogP contribution is 2.38. The summed E-state index contributed by atoms with van der Waals surface area (Å²) in [4.78, 5) is 28.7. The summed E-state index contributed by atoms with van der Waals surface area (Å²) in [6, 6.07) is 14.3. The molecule has 1 saturated heterocycles. The van der Waals surface area contributed by atoms with Gasteiger partial charge in [-0.25, -0.2) is 23.2 Å². The molecule has 5 rings (SSSR count). The molecule has 1 aliphatic rings. The minimum atomic E-state index is -3.71. The molecule has 0 bridgehead atoms. The van der Waals surface area contributed by atoms with Crippen LogP contribution in [0.3, 0.4) is 0 Å². The van der Waals surface area contributed by atoms with Crippen LogP contribution < -0.4 is 15.0 Å². The molecule has 46 heavy (non-hydrogen) atoms. The van der Waals surface area contributed by atoms with E-state index in [1.165, 1.54) is 23.9 Å². The fraction of sp³-hybridized carbons (Fsp3) is 0.355. The smallest absolute Gasteiger partial charge is 0.335 e. The number of aromatic nitrogens is 4. The van der Waals surface area contributed by atoms with Gasteiger partial charge in [-0.05, 0) is 74.7 Å². The highest BCUT2D eigenvalue weighted by Gasteiger charge is 2.25. The molecule has 0 spiro atoms. The quantitative estimate of drug-likeness (QED) is 0.177. The molecule has 15 heteroatoms. The number of carbonyl (C=O) groups is 1. The van der Waals surface area contributed by atoms with Crippen molar-refractivity contribution < 1.29 is 23.1 Å². The Morgan fingerprint density at radius 3 is 2.46 bits per heavy atom. The third-order valence-electron chi connectivity index (χ3n) is 7.44. The van der Waals surface area contributed by atoms with E-state index in [-0.39, 0.29) is 16.2 Å². The number of benzene rings is 2. The van der Waals surface area contributed by atoms with Crippen molar-refractivity contribution in [2.45, 2.75) is 27.6 Å². The Hall–Kier alpha value is -4.18.